The molecule has 18 heteroatoms. The molecule has 2 rings (SSSR count). The van der Waals surface area contributed by atoms with Gasteiger partial charge in [0.15, 0.2) is 0 Å². The molecule has 28 heavy (non-hydrogen) atoms. The van der Waals surface area contributed by atoms with Crippen LogP contribution in [0.5, 0.6) is 0 Å². The van der Waals surface area contributed by atoms with E-state index in [4.69, 9.17) is 16.0 Å². The molecule has 0 saturated carbocycles. The highest BCUT2D eigenvalue weighted by atomic mass is 32.3. The number of primary sulfonamides is 2. The van der Waals surface area contributed by atoms with E-state index in [1.54, 1.807) is 0 Å². The van der Waals surface area contributed by atoms with E-state index >= 15 is 0 Å². The molecule has 0 aliphatic rings. The minimum atomic E-state index is -4.16. The normalized spacial score (nSPS) is 12.1. The maximum atomic E-state index is 12.6. The monoisotopic (exact) mass is 470 g/mol. The molecule has 2 aromatic heterocycles. The van der Waals surface area contributed by atoms with Crippen molar-refractivity contribution in [3.63, 3.8) is 0 Å². The number of hydrogen-bond donors (Lipinski definition) is 3. The molecule has 2 heterocycles. The quantitative estimate of drug-likeness (QED) is 0.280. The lowest BCUT2D eigenvalue weighted by Gasteiger charge is -2.15. The van der Waals surface area contributed by atoms with Crippen molar-refractivity contribution < 1.29 is 26.4 Å². The van der Waals surface area contributed by atoms with E-state index < -0.39 is 40.5 Å². The number of unbranched alkanes of at least 4 members (excludes halogenated alkanes) is 1. The number of hydrogen-bond acceptors (Lipinski definition) is 12. The third kappa shape index (κ3) is 5.69. The maximum absolute atomic E-state index is 12.6. The Hall–Kier alpha value is -2.12. The van der Waals surface area contributed by atoms with Crippen LogP contribution >= 0.6 is 22.7 Å². The second kappa shape index (κ2) is 8.49. The van der Waals surface area contributed by atoms with Gasteiger partial charge < -0.3 is 5.73 Å². The smallest absolute Gasteiger partial charge is 0.267 e. The standard InChI is InChI=1S/C10H14N8O6S4/c11-5(19)3-1-2-4-6(20)18(7-14-16-9(25-7)27(12,21)22)8-15-17-10(26-8)28(13,23)24/h1-4H2,(H2,11,19)(H2,12,21,22)(H2,13,23,24). The summed E-state index contributed by atoms with van der Waals surface area (Å²) in [6, 6.07) is 0. The zero-order valence-corrected chi connectivity index (χ0v) is 17.1. The number of carbonyl (C=O) groups is 2. The topological polar surface area (TPSA) is 235 Å². The molecular weight excluding hydrogens is 456 g/mol. The van der Waals surface area contributed by atoms with Crippen LogP contribution in [0.15, 0.2) is 8.68 Å². The zero-order valence-electron chi connectivity index (χ0n) is 13.9. The van der Waals surface area contributed by atoms with Gasteiger partial charge in [0.2, 0.25) is 30.8 Å². The SMILES string of the molecule is NC(=O)CCCCC(=O)N(c1nnc(S(N)(=O)=O)s1)c1nnc(S(N)(=O)=O)s1. The number of carbonyl (C=O) groups excluding carboxylic acids is 2. The highest BCUT2D eigenvalue weighted by Gasteiger charge is 2.29. The van der Waals surface area contributed by atoms with Crippen molar-refractivity contribution in [2.45, 2.75) is 34.4 Å². The predicted octanol–water partition coefficient (Wildman–Crippen LogP) is -1.61. The second-order valence-corrected chi connectivity index (χ2v) is 10.6. The number of anilines is 2. The van der Waals surface area contributed by atoms with Gasteiger partial charge in [-0.3, -0.25) is 9.59 Å². The first-order valence-corrected chi connectivity index (χ1v) is 12.0. The van der Waals surface area contributed by atoms with E-state index in [1.807, 2.05) is 0 Å². The molecule has 2 aromatic rings. The maximum Gasteiger partial charge on any atom is 0.267 e. The number of amides is 2. The Morgan fingerprint density at radius 1 is 0.821 bits per heavy atom. The van der Waals surface area contributed by atoms with Crippen molar-refractivity contribution in [2.24, 2.45) is 16.0 Å². The second-order valence-electron chi connectivity index (χ2n) is 5.19. The average molecular weight is 471 g/mol. The summed E-state index contributed by atoms with van der Waals surface area (Å²) in [6.07, 6.45) is 0.601. The molecule has 0 aliphatic heterocycles. The van der Waals surface area contributed by atoms with E-state index in [2.05, 4.69) is 20.4 Å². The fraction of sp³-hybridized carbons (Fsp3) is 0.400. The largest absolute Gasteiger partial charge is 0.370 e. The van der Waals surface area contributed by atoms with Crippen molar-refractivity contribution in [1.29, 1.82) is 0 Å². The Labute approximate surface area is 166 Å². The van der Waals surface area contributed by atoms with E-state index in [0.29, 0.717) is 29.1 Å². The van der Waals surface area contributed by atoms with Gasteiger partial charge in [-0.2, -0.15) is 0 Å². The predicted molar refractivity (Wildman–Crippen MR) is 97.4 cm³/mol. The fourth-order valence-corrected chi connectivity index (χ4v) is 4.74. The van der Waals surface area contributed by atoms with Gasteiger partial charge in [0.25, 0.3) is 20.0 Å². The molecule has 0 atom stereocenters. The molecule has 0 spiro atoms. The number of nitrogens with two attached hydrogens (primary N) is 3. The van der Waals surface area contributed by atoms with Gasteiger partial charge in [0.05, 0.1) is 0 Å². The molecule has 0 aromatic carbocycles. The van der Waals surface area contributed by atoms with E-state index in [0.717, 1.165) is 4.90 Å². The van der Waals surface area contributed by atoms with Gasteiger partial charge in [-0.05, 0) is 12.8 Å². The average Bonchev–Trinajstić information content (AvgIpc) is 3.20. The summed E-state index contributed by atoms with van der Waals surface area (Å²) in [7, 11) is -8.33. The van der Waals surface area contributed by atoms with Crippen LogP contribution in [0, 0.1) is 0 Å². The highest BCUT2D eigenvalue weighted by molar-refractivity contribution is 7.91. The third-order valence-corrected chi connectivity index (χ3v) is 7.41. The van der Waals surface area contributed by atoms with Crippen molar-refractivity contribution in [3.8, 4) is 0 Å². The number of sulfonamides is 2. The Balaban J connectivity index is 2.35. The Morgan fingerprint density at radius 2 is 1.25 bits per heavy atom. The fourth-order valence-electron chi connectivity index (χ4n) is 1.80. The van der Waals surface area contributed by atoms with Crippen LogP contribution < -0.4 is 20.9 Å². The molecule has 14 nitrogen and oxygen atoms in total. The first-order valence-electron chi connectivity index (χ1n) is 7.23. The summed E-state index contributed by atoms with van der Waals surface area (Å²) in [5, 5.41) is 23.6. The van der Waals surface area contributed by atoms with Crippen LogP contribution in [0.25, 0.3) is 0 Å². The molecule has 2 amide bonds. The van der Waals surface area contributed by atoms with Gasteiger partial charge in [-0.15, -0.1) is 20.4 Å². The van der Waals surface area contributed by atoms with E-state index in [9.17, 15) is 26.4 Å². The van der Waals surface area contributed by atoms with Crippen LogP contribution in [0.3, 0.4) is 0 Å². The lowest BCUT2D eigenvalue weighted by molar-refractivity contribution is -0.119. The molecular formula is C10H14N8O6S4. The zero-order chi connectivity index (χ0) is 21.1. The summed E-state index contributed by atoms with van der Waals surface area (Å²) >= 11 is 0.972. The number of aromatic nitrogens is 4. The van der Waals surface area contributed by atoms with Gasteiger partial charge in [0, 0.05) is 12.8 Å². The van der Waals surface area contributed by atoms with Gasteiger partial charge in [-0.25, -0.2) is 32.0 Å². The molecule has 0 unspecified atom stereocenters. The Kier molecular flexibility index (Phi) is 6.72. The lowest BCUT2D eigenvalue weighted by Crippen LogP contribution is -2.25. The molecule has 0 aliphatic carbocycles. The van der Waals surface area contributed by atoms with Crippen LogP contribution in [0.2, 0.25) is 0 Å². The molecule has 0 radical (unpaired) electrons. The summed E-state index contributed by atoms with van der Waals surface area (Å²) in [5.74, 6) is -1.13. The molecule has 6 N–H and O–H groups in total. The van der Waals surface area contributed by atoms with Crippen LogP contribution in [0.4, 0.5) is 10.3 Å². The van der Waals surface area contributed by atoms with E-state index in [1.165, 1.54) is 0 Å². The number of nitrogens with zero attached hydrogens (tertiary/aromatic N) is 5. The molecule has 0 saturated heterocycles. The van der Waals surface area contributed by atoms with Crippen LogP contribution in [-0.4, -0.2) is 49.0 Å². The highest BCUT2D eigenvalue weighted by Crippen LogP contribution is 2.33. The lowest BCUT2D eigenvalue weighted by atomic mass is 10.2. The van der Waals surface area contributed by atoms with Crippen molar-refractivity contribution in [3.05, 3.63) is 0 Å². The molecule has 154 valence electrons. The summed E-state index contributed by atoms with van der Waals surface area (Å²) in [5.41, 5.74) is 5.03. The minimum Gasteiger partial charge on any atom is -0.370 e. The molecule has 0 bridgehead atoms. The van der Waals surface area contributed by atoms with Gasteiger partial charge in [-0.1, -0.05) is 22.7 Å². The van der Waals surface area contributed by atoms with Gasteiger partial charge in [0.1, 0.15) is 0 Å². The van der Waals surface area contributed by atoms with Crippen LogP contribution in [-0.2, 0) is 29.6 Å². The number of rotatable bonds is 9. The minimum absolute atomic E-state index is 0.0794. The van der Waals surface area contributed by atoms with Crippen molar-refractivity contribution >= 4 is 64.8 Å². The summed E-state index contributed by atoms with van der Waals surface area (Å²) < 4.78 is 44.5. The van der Waals surface area contributed by atoms with Crippen LogP contribution in [0.1, 0.15) is 25.7 Å². The van der Waals surface area contributed by atoms with E-state index in [-0.39, 0.29) is 29.5 Å². The molecule has 0 fully saturated rings. The first kappa shape index (κ1) is 22.2. The number of primary amides is 1. The Bertz CT molecular complexity index is 1020. The van der Waals surface area contributed by atoms with Crippen molar-refractivity contribution in [2.75, 3.05) is 4.90 Å². The third-order valence-electron chi connectivity index (χ3n) is 2.97. The Morgan fingerprint density at radius 3 is 1.61 bits per heavy atom. The summed E-state index contributed by atoms with van der Waals surface area (Å²) in [6.45, 7) is 0. The van der Waals surface area contributed by atoms with Crippen molar-refractivity contribution in [1.82, 2.24) is 20.4 Å². The summed E-state index contributed by atoms with van der Waals surface area (Å²) in [4.78, 5) is 24.3. The van der Waals surface area contributed by atoms with Gasteiger partial charge >= 0.3 is 0 Å². The first-order chi connectivity index (χ1) is 12.9.